The number of amides is 1. The summed E-state index contributed by atoms with van der Waals surface area (Å²) in [5.74, 6) is 1.15. The van der Waals surface area contributed by atoms with E-state index in [1.165, 1.54) is 56.4 Å². The van der Waals surface area contributed by atoms with Crippen molar-refractivity contribution in [3.8, 4) is 5.75 Å². The Hall–Kier alpha value is -2.33. The quantitative estimate of drug-likeness (QED) is 0.435. The molecule has 0 spiro atoms. The Morgan fingerprint density at radius 2 is 1.82 bits per heavy atom. The van der Waals surface area contributed by atoms with Gasteiger partial charge in [-0.2, -0.15) is 0 Å². The van der Waals surface area contributed by atoms with E-state index in [1.807, 2.05) is 6.92 Å². The molecule has 0 unspecified atom stereocenters. The minimum absolute atomic E-state index is 0.0146. The molecule has 8 nitrogen and oxygen atoms in total. The normalized spacial score (nSPS) is 21.6. The summed E-state index contributed by atoms with van der Waals surface area (Å²) in [6, 6.07) is 10.7. The molecule has 1 fully saturated rings. The zero-order valence-corrected chi connectivity index (χ0v) is 25.3. The van der Waals surface area contributed by atoms with Crippen molar-refractivity contribution in [2.45, 2.75) is 69.4 Å². The summed E-state index contributed by atoms with van der Waals surface area (Å²) in [4.78, 5) is 17.6. The number of aliphatic hydroxyl groups is 1. The van der Waals surface area contributed by atoms with Crippen LogP contribution in [0.5, 0.6) is 5.75 Å². The van der Waals surface area contributed by atoms with Gasteiger partial charge in [0.25, 0.3) is 10.0 Å². The highest BCUT2D eigenvalue weighted by Crippen LogP contribution is 2.31. The van der Waals surface area contributed by atoms with Gasteiger partial charge in [-0.1, -0.05) is 37.8 Å². The van der Waals surface area contributed by atoms with Crippen LogP contribution in [0.1, 0.15) is 51.5 Å². The van der Waals surface area contributed by atoms with Gasteiger partial charge in [-0.15, -0.1) is 0 Å². The molecule has 3 atom stereocenters. The first-order valence-corrected chi connectivity index (χ1v) is 16.1. The fourth-order valence-electron chi connectivity index (χ4n) is 5.73. The highest BCUT2D eigenvalue weighted by atomic mass is 35.5. The van der Waals surface area contributed by atoms with Crippen molar-refractivity contribution < 1.29 is 23.1 Å². The Kier molecular flexibility index (Phi) is 10.4. The van der Waals surface area contributed by atoms with Crippen LogP contribution in [-0.4, -0.2) is 74.7 Å². The fourth-order valence-corrected chi connectivity index (χ4v) is 6.91. The Morgan fingerprint density at radius 3 is 2.50 bits per heavy atom. The molecule has 220 valence electrons. The van der Waals surface area contributed by atoms with Crippen LogP contribution in [0, 0.1) is 11.8 Å². The number of likely N-dealkylation sites (N-methyl/N-ethyl adjacent to an activating group) is 1. The maximum absolute atomic E-state index is 13.5. The Morgan fingerprint density at radius 1 is 1.12 bits per heavy atom. The Bertz CT molecular complexity index is 1250. The van der Waals surface area contributed by atoms with E-state index in [-0.39, 0.29) is 41.9 Å². The molecule has 1 amide bonds. The second kappa shape index (κ2) is 13.6. The number of ether oxygens (including phenoxy) is 1. The Balaban J connectivity index is 1.60. The first-order valence-electron chi connectivity index (χ1n) is 14.2. The summed E-state index contributed by atoms with van der Waals surface area (Å²) in [5.41, 5.74) is 0.940. The number of sulfonamides is 1. The van der Waals surface area contributed by atoms with Crippen molar-refractivity contribution >= 4 is 33.2 Å². The number of rotatable bonds is 9. The van der Waals surface area contributed by atoms with Crippen molar-refractivity contribution in [3.05, 3.63) is 53.1 Å². The molecule has 0 saturated heterocycles. The van der Waals surface area contributed by atoms with E-state index in [1.54, 1.807) is 23.1 Å². The summed E-state index contributed by atoms with van der Waals surface area (Å²) in [7, 11) is -1.72. The lowest BCUT2D eigenvalue weighted by molar-refractivity contribution is -0.134. The van der Waals surface area contributed by atoms with Crippen molar-refractivity contribution in [2.24, 2.45) is 11.8 Å². The van der Waals surface area contributed by atoms with Crippen LogP contribution in [-0.2, 0) is 21.2 Å². The zero-order valence-electron chi connectivity index (χ0n) is 23.7. The molecule has 1 aliphatic heterocycles. The van der Waals surface area contributed by atoms with Gasteiger partial charge in [0.1, 0.15) is 11.9 Å². The third-order valence-electron chi connectivity index (χ3n) is 8.08. The molecule has 2 aliphatic rings. The number of hydrogen-bond donors (Lipinski definition) is 2. The van der Waals surface area contributed by atoms with Crippen LogP contribution in [0.25, 0.3) is 0 Å². The molecule has 2 aromatic carbocycles. The van der Waals surface area contributed by atoms with Gasteiger partial charge in [0.05, 0.1) is 24.0 Å². The number of benzene rings is 2. The van der Waals surface area contributed by atoms with Crippen LogP contribution in [0.4, 0.5) is 5.69 Å². The van der Waals surface area contributed by atoms with Crippen LogP contribution >= 0.6 is 11.6 Å². The summed E-state index contributed by atoms with van der Waals surface area (Å²) in [6.07, 6.45) is 6.28. The van der Waals surface area contributed by atoms with Gasteiger partial charge in [0, 0.05) is 41.8 Å². The molecular formula is C30H42ClN3O5S. The predicted octanol–water partition coefficient (Wildman–Crippen LogP) is 4.80. The van der Waals surface area contributed by atoms with Gasteiger partial charge < -0.3 is 19.6 Å². The third-order valence-corrected chi connectivity index (χ3v) is 9.73. The van der Waals surface area contributed by atoms with E-state index in [0.717, 1.165) is 6.54 Å². The largest absolute Gasteiger partial charge is 0.488 e. The number of hydrogen-bond acceptors (Lipinski definition) is 6. The number of aliphatic hydroxyl groups excluding tert-OH is 1. The average molecular weight is 592 g/mol. The number of carbonyl (C=O) groups is 1. The number of nitrogens with one attached hydrogen (secondary N) is 1. The van der Waals surface area contributed by atoms with E-state index in [0.29, 0.717) is 41.0 Å². The van der Waals surface area contributed by atoms with Crippen molar-refractivity contribution in [1.29, 1.82) is 0 Å². The molecule has 1 heterocycles. The molecule has 4 rings (SSSR count). The zero-order chi connectivity index (χ0) is 28.9. The van der Waals surface area contributed by atoms with E-state index >= 15 is 0 Å². The first-order chi connectivity index (χ1) is 19.1. The smallest absolute Gasteiger partial charge is 0.261 e. The summed E-state index contributed by atoms with van der Waals surface area (Å²) in [6.45, 7) is 5.97. The molecule has 0 aromatic heterocycles. The lowest BCUT2D eigenvalue weighted by Crippen LogP contribution is -2.48. The van der Waals surface area contributed by atoms with Gasteiger partial charge in [-0.3, -0.25) is 9.52 Å². The van der Waals surface area contributed by atoms with Crippen LogP contribution in [0.3, 0.4) is 0 Å². The monoisotopic (exact) mass is 591 g/mol. The maximum atomic E-state index is 13.5. The van der Waals surface area contributed by atoms with E-state index in [4.69, 9.17) is 16.3 Å². The molecule has 1 aliphatic carbocycles. The molecular weight excluding hydrogens is 550 g/mol. The van der Waals surface area contributed by atoms with Gasteiger partial charge in [0.2, 0.25) is 5.91 Å². The number of halogens is 1. The standard InChI is InChI=1S/C30H42ClN3O5S/c1-21-17-34(22(2)20-35)30(36)16-24-15-26(32-40(37,38)27-12-9-25(31)10-13-27)11-14-28(24)39-29(21)19-33(3)18-23-7-5-4-6-8-23/h9-15,21-23,29,32,35H,4-8,16-20H2,1-3H3/t21-,22+,29-/m0/s1. The van der Waals surface area contributed by atoms with Gasteiger partial charge >= 0.3 is 0 Å². The highest BCUT2D eigenvalue weighted by Gasteiger charge is 2.31. The lowest BCUT2D eigenvalue weighted by Gasteiger charge is -2.35. The summed E-state index contributed by atoms with van der Waals surface area (Å²) in [5, 5.41) is 10.3. The fraction of sp³-hybridized carbons (Fsp3) is 0.567. The molecule has 0 radical (unpaired) electrons. The maximum Gasteiger partial charge on any atom is 0.261 e. The molecule has 40 heavy (non-hydrogen) atoms. The minimum Gasteiger partial charge on any atom is -0.488 e. The number of carbonyl (C=O) groups excluding carboxylic acids is 1. The van der Waals surface area contributed by atoms with Gasteiger partial charge in [-0.25, -0.2) is 8.42 Å². The number of fused-ring (bicyclic) bond motifs is 1. The van der Waals surface area contributed by atoms with Crippen LogP contribution in [0.15, 0.2) is 47.4 Å². The molecule has 1 saturated carbocycles. The van der Waals surface area contributed by atoms with E-state index in [9.17, 15) is 18.3 Å². The Labute approximate surface area is 243 Å². The third kappa shape index (κ3) is 7.90. The average Bonchev–Trinajstić information content (AvgIpc) is 2.96. The second-order valence-electron chi connectivity index (χ2n) is 11.5. The van der Waals surface area contributed by atoms with E-state index < -0.39 is 10.0 Å². The second-order valence-corrected chi connectivity index (χ2v) is 13.6. The molecule has 2 aromatic rings. The molecule has 2 N–H and O–H groups in total. The lowest BCUT2D eigenvalue weighted by atomic mass is 9.89. The highest BCUT2D eigenvalue weighted by molar-refractivity contribution is 7.92. The summed E-state index contributed by atoms with van der Waals surface area (Å²) < 4.78 is 35.2. The first kappa shape index (κ1) is 30.6. The summed E-state index contributed by atoms with van der Waals surface area (Å²) >= 11 is 5.92. The molecule has 10 heteroatoms. The van der Waals surface area contributed by atoms with Gasteiger partial charge in [-0.05, 0) is 75.2 Å². The predicted molar refractivity (Wildman–Crippen MR) is 158 cm³/mol. The minimum atomic E-state index is -3.86. The number of anilines is 1. The molecule has 0 bridgehead atoms. The van der Waals surface area contributed by atoms with Crippen molar-refractivity contribution in [3.63, 3.8) is 0 Å². The topological polar surface area (TPSA) is 99.2 Å². The number of nitrogens with zero attached hydrogens (tertiary/aromatic N) is 2. The van der Waals surface area contributed by atoms with E-state index in [2.05, 4.69) is 23.6 Å². The van der Waals surface area contributed by atoms with Crippen molar-refractivity contribution in [2.75, 3.05) is 38.0 Å². The van der Waals surface area contributed by atoms with Crippen molar-refractivity contribution in [1.82, 2.24) is 9.80 Å². The van der Waals surface area contributed by atoms with Crippen LogP contribution < -0.4 is 9.46 Å². The van der Waals surface area contributed by atoms with Gasteiger partial charge in [0.15, 0.2) is 0 Å². The van der Waals surface area contributed by atoms with Crippen LogP contribution in [0.2, 0.25) is 5.02 Å². The SMILES string of the molecule is C[C@H](CO)N1C[C@H](C)[C@H](CN(C)CC2CCCCC2)Oc2ccc(NS(=O)(=O)c3ccc(Cl)cc3)cc2CC1=O.